The lowest BCUT2D eigenvalue weighted by Gasteiger charge is -2.18. The van der Waals surface area contributed by atoms with Crippen LogP contribution in [0.3, 0.4) is 0 Å². The van der Waals surface area contributed by atoms with E-state index in [0.29, 0.717) is 5.75 Å². The third kappa shape index (κ3) is 3.68. The van der Waals surface area contributed by atoms with E-state index in [4.69, 9.17) is 9.47 Å². The molecular weight excluding hydrogens is 238 g/mol. The maximum atomic E-state index is 11.2. The van der Waals surface area contributed by atoms with Gasteiger partial charge in [-0.3, -0.25) is 9.78 Å². The van der Waals surface area contributed by atoms with Gasteiger partial charge in [0, 0.05) is 6.20 Å². The van der Waals surface area contributed by atoms with Crippen molar-refractivity contribution in [3.8, 4) is 5.75 Å². The molecular formula is C12H17NO5. The first-order valence-corrected chi connectivity index (χ1v) is 5.60. The molecule has 0 saturated heterocycles. The molecule has 0 bridgehead atoms. The molecule has 0 amide bonds. The Morgan fingerprint density at radius 2 is 2.22 bits per heavy atom. The van der Waals surface area contributed by atoms with Gasteiger partial charge in [0.1, 0.15) is 17.5 Å². The average Bonchev–Trinajstić information content (AvgIpc) is 2.38. The van der Waals surface area contributed by atoms with Crippen molar-refractivity contribution in [2.75, 3.05) is 13.7 Å². The van der Waals surface area contributed by atoms with Crippen LogP contribution >= 0.6 is 0 Å². The maximum absolute atomic E-state index is 11.2. The number of rotatable bonds is 6. The number of nitrogens with zero attached hydrogens (tertiary/aromatic N) is 1. The van der Waals surface area contributed by atoms with Gasteiger partial charge in [0.05, 0.1) is 26.2 Å². The van der Waals surface area contributed by atoms with Crippen LogP contribution in [0.25, 0.3) is 0 Å². The minimum atomic E-state index is -1.30. The molecule has 1 aromatic heterocycles. The van der Waals surface area contributed by atoms with Gasteiger partial charge in [-0.1, -0.05) is 0 Å². The van der Waals surface area contributed by atoms with E-state index >= 15 is 0 Å². The zero-order valence-corrected chi connectivity index (χ0v) is 10.4. The van der Waals surface area contributed by atoms with Crippen LogP contribution < -0.4 is 4.74 Å². The molecule has 0 fully saturated rings. The van der Waals surface area contributed by atoms with E-state index < -0.39 is 18.2 Å². The Kier molecular flexibility index (Phi) is 5.54. The first-order valence-electron chi connectivity index (χ1n) is 5.60. The summed E-state index contributed by atoms with van der Waals surface area (Å²) in [5.74, 6) is -0.216. The summed E-state index contributed by atoms with van der Waals surface area (Å²) < 4.78 is 9.71. The Hall–Kier alpha value is -1.66. The molecule has 0 radical (unpaired) electrons. The molecule has 1 aromatic rings. The van der Waals surface area contributed by atoms with Gasteiger partial charge in [0.15, 0.2) is 0 Å². The first-order chi connectivity index (χ1) is 8.60. The lowest BCUT2D eigenvalue weighted by molar-refractivity contribution is -0.147. The van der Waals surface area contributed by atoms with E-state index in [-0.39, 0.29) is 18.7 Å². The van der Waals surface area contributed by atoms with Crippen LogP contribution in [-0.4, -0.2) is 41.0 Å². The molecule has 0 aliphatic rings. The quantitative estimate of drug-likeness (QED) is 0.717. The van der Waals surface area contributed by atoms with E-state index in [1.807, 2.05) is 0 Å². The van der Waals surface area contributed by atoms with E-state index in [0.717, 1.165) is 0 Å². The number of hydrogen-bond donors (Lipinski definition) is 2. The molecule has 2 N–H and O–H groups in total. The largest absolute Gasteiger partial charge is 0.495 e. The molecule has 6 heteroatoms. The summed E-state index contributed by atoms with van der Waals surface area (Å²) in [6, 6.07) is 3.26. The first kappa shape index (κ1) is 14.4. The Bertz CT molecular complexity index is 396. The fourth-order valence-corrected chi connectivity index (χ4v) is 1.48. The Morgan fingerprint density at radius 3 is 2.83 bits per heavy atom. The Balaban J connectivity index is 2.73. The predicted octanol–water partition coefficient (Wildman–Crippen LogP) is 0.438. The monoisotopic (exact) mass is 255 g/mol. The minimum absolute atomic E-state index is 0.191. The number of carbonyl (C=O) groups is 1. The van der Waals surface area contributed by atoms with Crippen LogP contribution in [0.5, 0.6) is 5.75 Å². The fraction of sp³-hybridized carbons (Fsp3) is 0.500. The number of methoxy groups -OCH3 is 1. The van der Waals surface area contributed by atoms with Crippen molar-refractivity contribution in [1.82, 2.24) is 4.98 Å². The molecule has 0 aliphatic heterocycles. The molecule has 1 heterocycles. The standard InChI is InChI=1S/C12H17NO5/c1-3-18-10(15)7-8(14)12(16)11-9(17-2)5-4-6-13-11/h4-6,8,12,14,16H,3,7H2,1-2H3. The van der Waals surface area contributed by atoms with Crippen LogP contribution in [0, 0.1) is 0 Å². The highest BCUT2D eigenvalue weighted by Crippen LogP contribution is 2.25. The van der Waals surface area contributed by atoms with Crippen LogP contribution in [0.15, 0.2) is 18.3 Å². The second kappa shape index (κ2) is 6.93. The lowest BCUT2D eigenvalue weighted by atomic mass is 10.1. The normalized spacial score (nSPS) is 13.8. The minimum Gasteiger partial charge on any atom is -0.495 e. The zero-order chi connectivity index (χ0) is 13.5. The van der Waals surface area contributed by atoms with Crippen molar-refractivity contribution in [1.29, 1.82) is 0 Å². The lowest BCUT2D eigenvalue weighted by Crippen LogP contribution is -2.24. The van der Waals surface area contributed by atoms with E-state index in [1.165, 1.54) is 13.3 Å². The van der Waals surface area contributed by atoms with Gasteiger partial charge in [-0.25, -0.2) is 0 Å². The SMILES string of the molecule is CCOC(=O)CC(O)C(O)c1ncccc1OC. The number of esters is 1. The summed E-state index contributed by atoms with van der Waals surface area (Å²) in [4.78, 5) is 15.1. The predicted molar refractivity (Wildman–Crippen MR) is 63.0 cm³/mol. The van der Waals surface area contributed by atoms with E-state index in [2.05, 4.69) is 4.98 Å². The Labute approximate surface area is 105 Å². The van der Waals surface area contributed by atoms with Crippen molar-refractivity contribution < 1.29 is 24.5 Å². The summed E-state index contributed by atoms with van der Waals surface area (Å²) in [5.41, 5.74) is 0.191. The fourth-order valence-electron chi connectivity index (χ4n) is 1.48. The number of carbonyl (C=O) groups excluding carboxylic acids is 1. The van der Waals surface area contributed by atoms with Crippen molar-refractivity contribution in [2.45, 2.75) is 25.6 Å². The third-order valence-corrected chi connectivity index (χ3v) is 2.35. The smallest absolute Gasteiger partial charge is 0.308 e. The summed E-state index contributed by atoms with van der Waals surface area (Å²) in [7, 11) is 1.44. The molecule has 1 rings (SSSR count). The molecule has 2 unspecified atom stereocenters. The van der Waals surface area contributed by atoms with Gasteiger partial charge in [0.2, 0.25) is 0 Å². The van der Waals surface area contributed by atoms with Crippen molar-refractivity contribution >= 4 is 5.97 Å². The van der Waals surface area contributed by atoms with Crippen molar-refractivity contribution in [3.63, 3.8) is 0 Å². The average molecular weight is 255 g/mol. The van der Waals surface area contributed by atoms with Gasteiger partial charge >= 0.3 is 5.97 Å². The summed E-state index contributed by atoms with van der Waals surface area (Å²) in [6.07, 6.45) is -1.41. The molecule has 2 atom stereocenters. The summed E-state index contributed by atoms with van der Waals surface area (Å²) in [5, 5.41) is 19.7. The number of aliphatic hydroxyl groups excluding tert-OH is 2. The third-order valence-electron chi connectivity index (χ3n) is 2.35. The zero-order valence-electron chi connectivity index (χ0n) is 10.4. The van der Waals surface area contributed by atoms with Gasteiger partial charge in [-0.2, -0.15) is 0 Å². The number of aromatic nitrogens is 1. The number of hydrogen-bond acceptors (Lipinski definition) is 6. The van der Waals surface area contributed by atoms with E-state index in [9.17, 15) is 15.0 Å². The summed E-state index contributed by atoms with van der Waals surface area (Å²) >= 11 is 0. The molecule has 0 saturated carbocycles. The van der Waals surface area contributed by atoms with Gasteiger partial charge in [0.25, 0.3) is 0 Å². The topological polar surface area (TPSA) is 88.9 Å². The highest BCUT2D eigenvalue weighted by Gasteiger charge is 2.25. The van der Waals surface area contributed by atoms with Crippen LogP contribution in [0.1, 0.15) is 25.1 Å². The number of ether oxygens (including phenoxy) is 2. The van der Waals surface area contributed by atoms with E-state index in [1.54, 1.807) is 19.1 Å². The molecule has 100 valence electrons. The molecule has 0 aliphatic carbocycles. The number of aliphatic hydroxyl groups is 2. The highest BCUT2D eigenvalue weighted by atomic mass is 16.5. The molecule has 0 spiro atoms. The Morgan fingerprint density at radius 1 is 1.50 bits per heavy atom. The second-order valence-corrected chi connectivity index (χ2v) is 3.61. The highest BCUT2D eigenvalue weighted by molar-refractivity contribution is 5.70. The molecule has 6 nitrogen and oxygen atoms in total. The van der Waals surface area contributed by atoms with Crippen LogP contribution in [0.4, 0.5) is 0 Å². The second-order valence-electron chi connectivity index (χ2n) is 3.61. The number of pyridine rings is 1. The van der Waals surface area contributed by atoms with Gasteiger partial charge in [-0.15, -0.1) is 0 Å². The van der Waals surface area contributed by atoms with Crippen LogP contribution in [-0.2, 0) is 9.53 Å². The van der Waals surface area contributed by atoms with Crippen LogP contribution in [0.2, 0.25) is 0 Å². The van der Waals surface area contributed by atoms with Gasteiger partial charge < -0.3 is 19.7 Å². The van der Waals surface area contributed by atoms with Gasteiger partial charge in [-0.05, 0) is 19.1 Å². The maximum Gasteiger partial charge on any atom is 0.308 e. The molecule has 18 heavy (non-hydrogen) atoms. The van der Waals surface area contributed by atoms with Crippen molar-refractivity contribution in [3.05, 3.63) is 24.0 Å². The summed E-state index contributed by atoms with van der Waals surface area (Å²) in [6.45, 7) is 1.90. The van der Waals surface area contributed by atoms with Crippen molar-refractivity contribution in [2.24, 2.45) is 0 Å². The molecule has 0 aromatic carbocycles.